The van der Waals surface area contributed by atoms with Gasteiger partial charge >= 0.3 is 0 Å². The largest absolute Gasteiger partial charge is 0.306 e. The highest BCUT2D eigenvalue weighted by Gasteiger charge is 2.18. The van der Waals surface area contributed by atoms with Gasteiger partial charge in [0.2, 0.25) is 0 Å². The zero-order valence-corrected chi connectivity index (χ0v) is 9.20. The number of fused-ring (bicyclic) bond motifs is 1. The molecule has 78 valence electrons. The molecule has 1 aliphatic rings. The van der Waals surface area contributed by atoms with Crippen LogP contribution in [-0.4, -0.2) is 27.4 Å². The minimum Gasteiger partial charge on any atom is -0.306 e. The lowest BCUT2D eigenvalue weighted by Gasteiger charge is -2.21. The molecule has 1 fully saturated rings. The van der Waals surface area contributed by atoms with Crippen LogP contribution in [0.1, 0.15) is 11.9 Å². The molecular formula is C11H13N3S. The fraction of sp³-hybridized carbons (Fsp3) is 0.364. The molecule has 0 aromatic carbocycles. The smallest absolute Gasteiger partial charge is 0.131 e. The number of aromatic nitrogens is 2. The number of nitrogens with zero attached hydrogens (tertiary/aromatic N) is 2. The molecule has 0 amide bonds. The van der Waals surface area contributed by atoms with Crippen molar-refractivity contribution in [1.29, 1.82) is 0 Å². The summed E-state index contributed by atoms with van der Waals surface area (Å²) in [5, 5.41) is 3.51. The summed E-state index contributed by atoms with van der Waals surface area (Å²) < 4.78 is 2.17. The predicted molar refractivity (Wildman–Crippen MR) is 63.3 cm³/mol. The van der Waals surface area contributed by atoms with Gasteiger partial charge < -0.3 is 9.72 Å². The van der Waals surface area contributed by atoms with Gasteiger partial charge in [-0.15, -0.1) is 0 Å². The Morgan fingerprint density at radius 1 is 1.47 bits per heavy atom. The van der Waals surface area contributed by atoms with Crippen LogP contribution in [0.3, 0.4) is 0 Å². The van der Waals surface area contributed by atoms with Crippen LogP contribution >= 0.6 is 11.8 Å². The fourth-order valence-corrected chi connectivity index (χ4v) is 2.89. The minimum absolute atomic E-state index is 0.397. The van der Waals surface area contributed by atoms with E-state index in [9.17, 15) is 0 Å². The summed E-state index contributed by atoms with van der Waals surface area (Å²) in [6.45, 7) is 1.08. The van der Waals surface area contributed by atoms with Crippen LogP contribution in [0.5, 0.6) is 0 Å². The van der Waals surface area contributed by atoms with Gasteiger partial charge in [0.1, 0.15) is 5.82 Å². The first kappa shape index (κ1) is 9.24. The van der Waals surface area contributed by atoms with Gasteiger partial charge in [-0.05, 0) is 12.1 Å². The molecule has 0 bridgehead atoms. The summed E-state index contributed by atoms with van der Waals surface area (Å²) in [5.74, 6) is 3.46. The van der Waals surface area contributed by atoms with Gasteiger partial charge in [0.25, 0.3) is 0 Å². The first-order valence-corrected chi connectivity index (χ1v) is 6.34. The molecule has 0 saturated carbocycles. The average Bonchev–Trinajstić information content (AvgIpc) is 2.74. The van der Waals surface area contributed by atoms with Crippen molar-refractivity contribution in [2.45, 2.75) is 6.04 Å². The molecule has 4 heteroatoms. The Hall–Kier alpha value is -1.00. The van der Waals surface area contributed by atoms with Gasteiger partial charge in [-0.2, -0.15) is 11.8 Å². The molecule has 3 heterocycles. The SMILES string of the molecule is c1ccn2c(C3CSCCN3)ncc2c1. The molecule has 0 aliphatic carbocycles. The highest BCUT2D eigenvalue weighted by atomic mass is 32.2. The molecule has 1 saturated heterocycles. The van der Waals surface area contributed by atoms with E-state index < -0.39 is 0 Å². The second kappa shape index (κ2) is 3.87. The molecule has 2 aromatic heterocycles. The van der Waals surface area contributed by atoms with Gasteiger partial charge in [-0.25, -0.2) is 4.98 Å². The summed E-state index contributed by atoms with van der Waals surface area (Å²) in [5.41, 5.74) is 1.17. The topological polar surface area (TPSA) is 29.3 Å². The Labute approximate surface area is 92.9 Å². The highest BCUT2D eigenvalue weighted by molar-refractivity contribution is 7.99. The maximum Gasteiger partial charge on any atom is 0.131 e. The maximum atomic E-state index is 4.51. The second-order valence-electron chi connectivity index (χ2n) is 3.69. The highest BCUT2D eigenvalue weighted by Crippen LogP contribution is 2.21. The molecule has 1 aliphatic heterocycles. The summed E-state index contributed by atoms with van der Waals surface area (Å²) >= 11 is 1.99. The first-order chi connectivity index (χ1) is 7.45. The Bertz CT molecular complexity index is 460. The van der Waals surface area contributed by atoms with E-state index in [-0.39, 0.29) is 0 Å². The van der Waals surface area contributed by atoms with E-state index in [2.05, 4.69) is 27.0 Å². The fourth-order valence-electron chi connectivity index (χ4n) is 1.95. The number of rotatable bonds is 1. The third-order valence-corrected chi connectivity index (χ3v) is 3.76. The van der Waals surface area contributed by atoms with E-state index in [1.54, 1.807) is 0 Å². The van der Waals surface area contributed by atoms with Crippen LogP contribution in [0.25, 0.3) is 5.52 Å². The van der Waals surface area contributed by atoms with E-state index in [1.807, 2.05) is 30.1 Å². The van der Waals surface area contributed by atoms with Crippen molar-refractivity contribution in [2.24, 2.45) is 0 Å². The lowest BCUT2D eigenvalue weighted by molar-refractivity contribution is 0.562. The molecular weight excluding hydrogens is 206 g/mol. The molecule has 1 N–H and O–H groups in total. The van der Waals surface area contributed by atoms with Crippen LogP contribution < -0.4 is 5.32 Å². The van der Waals surface area contributed by atoms with E-state index in [0.717, 1.165) is 18.1 Å². The predicted octanol–water partition coefficient (Wildman–Crippen LogP) is 1.71. The standard InChI is InChI=1S/C11H13N3S/c1-2-5-14-9(3-1)7-13-11(14)10-8-15-6-4-12-10/h1-3,5,7,10,12H,4,6,8H2. The zero-order chi connectivity index (χ0) is 10.1. The maximum absolute atomic E-state index is 4.51. The van der Waals surface area contributed by atoms with Gasteiger partial charge in [0.05, 0.1) is 17.8 Å². The van der Waals surface area contributed by atoms with Gasteiger partial charge in [-0.3, -0.25) is 0 Å². The number of hydrogen-bond acceptors (Lipinski definition) is 3. The number of hydrogen-bond donors (Lipinski definition) is 1. The third kappa shape index (κ3) is 1.64. The van der Waals surface area contributed by atoms with Crippen LogP contribution in [0, 0.1) is 0 Å². The second-order valence-corrected chi connectivity index (χ2v) is 4.84. The summed E-state index contributed by atoms with van der Waals surface area (Å²) in [7, 11) is 0. The van der Waals surface area contributed by atoms with Crippen LogP contribution in [0.2, 0.25) is 0 Å². The molecule has 0 radical (unpaired) electrons. The molecule has 0 spiro atoms. The Morgan fingerprint density at radius 3 is 3.33 bits per heavy atom. The normalized spacial score (nSPS) is 22.0. The Kier molecular flexibility index (Phi) is 2.38. The lowest BCUT2D eigenvalue weighted by Crippen LogP contribution is -2.31. The van der Waals surface area contributed by atoms with E-state index in [0.29, 0.717) is 6.04 Å². The number of nitrogens with one attached hydrogen (secondary N) is 1. The van der Waals surface area contributed by atoms with Crippen molar-refractivity contribution in [3.63, 3.8) is 0 Å². The first-order valence-electron chi connectivity index (χ1n) is 5.18. The van der Waals surface area contributed by atoms with E-state index in [4.69, 9.17) is 0 Å². The number of imidazole rings is 1. The van der Waals surface area contributed by atoms with E-state index >= 15 is 0 Å². The number of thioether (sulfide) groups is 1. The van der Waals surface area contributed by atoms with Crippen molar-refractivity contribution in [2.75, 3.05) is 18.1 Å². The lowest BCUT2D eigenvalue weighted by atomic mass is 10.3. The van der Waals surface area contributed by atoms with Crippen molar-refractivity contribution in [3.8, 4) is 0 Å². The molecule has 2 aromatic rings. The minimum atomic E-state index is 0.397. The quantitative estimate of drug-likeness (QED) is 0.791. The summed E-state index contributed by atoms with van der Waals surface area (Å²) in [6.07, 6.45) is 4.02. The van der Waals surface area contributed by atoms with Crippen molar-refractivity contribution >= 4 is 17.3 Å². The van der Waals surface area contributed by atoms with Gasteiger partial charge in [0, 0.05) is 24.2 Å². The molecule has 15 heavy (non-hydrogen) atoms. The molecule has 1 unspecified atom stereocenters. The summed E-state index contributed by atoms with van der Waals surface area (Å²) in [6, 6.07) is 6.58. The van der Waals surface area contributed by atoms with Crippen molar-refractivity contribution in [3.05, 3.63) is 36.4 Å². The monoisotopic (exact) mass is 219 g/mol. The molecule has 3 nitrogen and oxygen atoms in total. The number of pyridine rings is 1. The van der Waals surface area contributed by atoms with Gasteiger partial charge in [-0.1, -0.05) is 6.07 Å². The van der Waals surface area contributed by atoms with Gasteiger partial charge in [0.15, 0.2) is 0 Å². The molecule has 3 rings (SSSR count). The zero-order valence-electron chi connectivity index (χ0n) is 8.39. The average molecular weight is 219 g/mol. The summed E-state index contributed by atoms with van der Waals surface area (Å²) in [4.78, 5) is 4.51. The third-order valence-electron chi connectivity index (χ3n) is 2.70. The van der Waals surface area contributed by atoms with Crippen LogP contribution in [0.4, 0.5) is 0 Å². The van der Waals surface area contributed by atoms with Crippen molar-refractivity contribution < 1.29 is 0 Å². The Morgan fingerprint density at radius 2 is 2.47 bits per heavy atom. The van der Waals surface area contributed by atoms with Crippen molar-refractivity contribution in [1.82, 2.24) is 14.7 Å². The van der Waals surface area contributed by atoms with Crippen LogP contribution in [0.15, 0.2) is 30.6 Å². The van der Waals surface area contributed by atoms with E-state index in [1.165, 1.54) is 11.3 Å². The van der Waals surface area contributed by atoms with Crippen LogP contribution in [-0.2, 0) is 0 Å². The molecule has 1 atom stereocenters. The Balaban J connectivity index is 2.02.